The topological polar surface area (TPSA) is 63.2 Å². The Morgan fingerprint density at radius 2 is 1.55 bits per heavy atom. The molecule has 0 saturated carbocycles. The number of halogens is 3. The molecule has 0 N–H and O–H groups in total. The summed E-state index contributed by atoms with van der Waals surface area (Å²) in [7, 11) is 0. The standard InChI is InChI=1S/C34H33F3N6O/c1-24-9-6-10-25(2)32(24)43-33(38-39-40-43)29-22-30(27-14-7-15-28(21-27)34(35,36)37)44-31(29)23-42-19-17-41(18-20-42)16-8-13-26-11-4-3-5-12-26/h3-15,21-22H,16-20,23H2,1-2H3. The lowest BCUT2D eigenvalue weighted by Crippen LogP contribution is -2.45. The van der Waals surface area contributed by atoms with Crippen LogP contribution in [0.15, 0.2) is 89.4 Å². The molecule has 5 aromatic rings. The summed E-state index contributed by atoms with van der Waals surface area (Å²) in [4.78, 5) is 4.69. The van der Waals surface area contributed by atoms with E-state index in [0.29, 0.717) is 35.0 Å². The van der Waals surface area contributed by atoms with Crippen molar-refractivity contribution in [2.75, 3.05) is 32.7 Å². The molecule has 1 aliphatic heterocycles. The van der Waals surface area contributed by atoms with Crippen LogP contribution < -0.4 is 0 Å². The Hall–Kier alpha value is -4.54. The first-order chi connectivity index (χ1) is 21.3. The van der Waals surface area contributed by atoms with Crippen LogP contribution in [0.25, 0.3) is 34.5 Å². The molecular weight excluding hydrogens is 565 g/mol. The molecule has 10 heteroatoms. The fourth-order valence-electron chi connectivity index (χ4n) is 5.61. The Bertz CT molecular complexity index is 1730. The molecule has 1 fully saturated rings. The zero-order chi connectivity index (χ0) is 30.7. The number of hydrogen-bond donors (Lipinski definition) is 0. The predicted octanol–water partition coefficient (Wildman–Crippen LogP) is 7.06. The van der Waals surface area contributed by atoms with Crippen LogP contribution in [0.5, 0.6) is 0 Å². The number of alkyl halides is 3. The van der Waals surface area contributed by atoms with Gasteiger partial charge in [-0.15, -0.1) is 5.10 Å². The Balaban J connectivity index is 1.27. The van der Waals surface area contributed by atoms with Gasteiger partial charge in [0.2, 0.25) is 0 Å². The second-order valence-corrected chi connectivity index (χ2v) is 11.1. The molecular formula is C34H33F3N6O. The summed E-state index contributed by atoms with van der Waals surface area (Å²) >= 11 is 0. The number of piperazine rings is 1. The molecule has 7 nitrogen and oxygen atoms in total. The van der Waals surface area contributed by atoms with E-state index in [9.17, 15) is 13.2 Å². The van der Waals surface area contributed by atoms with E-state index >= 15 is 0 Å². The Labute approximate surface area is 254 Å². The van der Waals surface area contributed by atoms with Crippen LogP contribution in [-0.2, 0) is 12.7 Å². The lowest BCUT2D eigenvalue weighted by molar-refractivity contribution is -0.137. The van der Waals surface area contributed by atoms with Gasteiger partial charge in [-0.25, -0.2) is 0 Å². The summed E-state index contributed by atoms with van der Waals surface area (Å²) in [6, 6.07) is 23.1. The van der Waals surface area contributed by atoms with Gasteiger partial charge in [-0.3, -0.25) is 9.80 Å². The molecule has 0 bridgehead atoms. The summed E-state index contributed by atoms with van der Waals surface area (Å²) in [5.41, 5.74) is 4.30. The number of hydrogen-bond acceptors (Lipinski definition) is 6. The lowest BCUT2D eigenvalue weighted by Gasteiger charge is -2.33. The SMILES string of the molecule is Cc1cccc(C)c1-n1nnnc1-c1cc(-c2cccc(C(F)(F)F)c2)oc1CN1CCN(CC=Cc2ccccc2)CC1. The molecule has 6 rings (SSSR count). The summed E-state index contributed by atoms with van der Waals surface area (Å²) in [6.07, 6.45) is -0.141. The van der Waals surface area contributed by atoms with Gasteiger partial charge < -0.3 is 4.42 Å². The van der Waals surface area contributed by atoms with Gasteiger partial charge in [0.25, 0.3) is 0 Å². The number of nitrogens with zero attached hydrogens (tertiary/aromatic N) is 6. The highest BCUT2D eigenvalue weighted by Gasteiger charge is 2.31. The van der Waals surface area contributed by atoms with E-state index < -0.39 is 11.7 Å². The minimum Gasteiger partial charge on any atom is -0.459 e. The second-order valence-electron chi connectivity index (χ2n) is 11.1. The van der Waals surface area contributed by atoms with E-state index in [2.05, 4.69) is 49.6 Å². The molecule has 44 heavy (non-hydrogen) atoms. The largest absolute Gasteiger partial charge is 0.459 e. The maximum atomic E-state index is 13.5. The van der Waals surface area contributed by atoms with Gasteiger partial charge in [0.05, 0.1) is 23.4 Å². The Morgan fingerprint density at radius 1 is 0.841 bits per heavy atom. The normalized spacial score (nSPS) is 14.9. The number of aryl methyl sites for hydroxylation is 2. The van der Waals surface area contributed by atoms with E-state index in [1.807, 2.05) is 50.2 Å². The summed E-state index contributed by atoms with van der Waals surface area (Å²) in [5, 5.41) is 12.6. The monoisotopic (exact) mass is 598 g/mol. The van der Waals surface area contributed by atoms with Crippen LogP contribution in [0.3, 0.4) is 0 Å². The highest BCUT2D eigenvalue weighted by Crippen LogP contribution is 2.37. The molecule has 0 unspecified atom stereocenters. The van der Waals surface area contributed by atoms with Crippen molar-refractivity contribution in [3.8, 4) is 28.4 Å². The van der Waals surface area contributed by atoms with Crippen molar-refractivity contribution in [3.05, 3.63) is 113 Å². The molecule has 0 spiro atoms. The number of para-hydroxylation sites is 1. The van der Waals surface area contributed by atoms with E-state index in [1.165, 1.54) is 11.6 Å². The molecule has 0 radical (unpaired) electrons. The van der Waals surface area contributed by atoms with Crippen LogP contribution >= 0.6 is 0 Å². The van der Waals surface area contributed by atoms with Crippen LogP contribution in [0.4, 0.5) is 13.2 Å². The van der Waals surface area contributed by atoms with Crippen LogP contribution in [0, 0.1) is 13.8 Å². The molecule has 1 saturated heterocycles. The molecule has 2 aromatic heterocycles. The van der Waals surface area contributed by atoms with Crippen molar-refractivity contribution in [3.63, 3.8) is 0 Å². The minimum absolute atomic E-state index is 0.335. The molecule has 1 aliphatic rings. The predicted molar refractivity (Wildman–Crippen MR) is 164 cm³/mol. The van der Waals surface area contributed by atoms with Crippen molar-refractivity contribution in [2.45, 2.75) is 26.6 Å². The van der Waals surface area contributed by atoms with Gasteiger partial charge in [-0.1, -0.05) is 72.8 Å². The lowest BCUT2D eigenvalue weighted by atomic mass is 10.1. The fraction of sp³-hybridized carbons (Fsp3) is 0.265. The van der Waals surface area contributed by atoms with Gasteiger partial charge in [-0.05, 0) is 59.2 Å². The van der Waals surface area contributed by atoms with Crippen molar-refractivity contribution >= 4 is 6.08 Å². The van der Waals surface area contributed by atoms with Crippen molar-refractivity contribution in [2.24, 2.45) is 0 Å². The third-order valence-electron chi connectivity index (χ3n) is 7.95. The molecule has 3 aromatic carbocycles. The smallest absolute Gasteiger partial charge is 0.416 e. The van der Waals surface area contributed by atoms with Gasteiger partial charge >= 0.3 is 6.18 Å². The van der Waals surface area contributed by atoms with Gasteiger partial charge in [-0.2, -0.15) is 17.9 Å². The third kappa shape index (κ3) is 6.51. The van der Waals surface area contributed by atoms with Crippen molar-refractivity contribution in [1.29, 1.82) is 0 Å². The Morgan fingerprint density at radius 3 is 2.27 bits per heavy atom. The molecule has 226 valence electrons. The number of aromatic nitrogens is 4. The van der Waals surface area contributed by atoms with Crippen LogP contribution in [0.2, 0.25) is 0 Å². The number of tetrazole rings is 1. The van der Waals surface area contributed by atoms with Crippen molar-refractivity contribution < 1.29 is 17.6 Å². The zero-order valence-electron chi connectivity index (χ0n) is 24.6. The van der Waals surface area contributed by atoms with Crippen LogP contribution in [-0.4, -0.2) is 62.7 Å². The third-order valence-corrected chi connectivity index (χ3v) is 7.95. The zero-order valence-corrected chi connectivity index (χ0v) is 24.6. The van der Waals surface area contributed by atoms with E-state index in [1.54, 1.807) is 16.8 Å². The average molecular weight is 599 g/mol. The number of benzene rings is 3. The first-order valence-corrected chi connectivity index (χ1v) is 14.6. The Kier molecular flexibility index (Phi) is 8.45. The fourth-order valence-corrected chi connectivity index (χ4v) is 5.61. The number of furan rings is 1. The van der Waals surface area contributed by atoms with Gasteiger partial charge in [0, 0.05) is 38.3 Å². The first-order valence-electron chi connectivity index (χ1n) is 14.6. The maximum Gasteiger partial charge on any atom is 0.416 e. The summed E-state index contributed by atoms with van der Waals surface area (Å²) in [6.45, 7) is 8.73. The van der Waals surface area contributed by atoms with E-state index in [4.69, 9.17) is 4.42 Å². The van der Waals surface area contributed by atoms with E-state index in [-0.39, 0.29) is 0 Å². The summed E-state index contributed by atoms with van der Waals surface area (Å²) in [5.74, 6) is 1.42. The second kappa shape index (κ2) is 12.6. The van der Waals surface area contributed by atoms with E-state index in [0.717, 1.165) is 61.7 Å². The first kappa shape index (κ1) is 29.5. The molecule has 0 aliphatic carbocycles. The number of rotatable bonds is 8. The average Bonchev–Trinajstić information content (AvgIpc) is 3.65. The molecule has 3 heterocycles. The van der Waals surface area contributed by atoms with Crippen molar-refractivity contribution in [1.82, 2.24) is 30.0 Å². The van der Waals surface area contributed by atoms with Gasteiger partial charge in [0.1, 0.15) is 11.5 Å². The highest BCUT2D eigenvalue weighted by molar-refractivity contribution is 5.70. The maximum absolute atomic E-state index is 13.5. The quantitative estimate of drug-likeness (QED) is 0.191. The van der Waals surface area contributed by atoms with Crippen LogP contribution in [0.1, 0.15) is 28.0 Å². The molecule has 0 atom stereocenters. The molecule has 0 amide bonds. The highest BCUT2D eigenvalue weighted by atomic mass is 19.4. The summed E-state index contributed by atoms with van der Waals surface area (Å²) < 4.78 is 48.6. The minimum atomic E-state index is -4.46. The van der Waals surface area contributed by atoms with Gasteiger partial charge in [0.15, 0.2) is 5.82 Å².